The summed E-state index contributed by atoms with van der Waals surface area (Å²) in [5, 5.41) is 2.72. The first kappa shape index (κ1) is 26.7. The van der Waals surface area contributed by atoms with Crippen LogP contribution in [0.3, 0.4) is 0 Å². The highest BCUT2D eigenvalue weighted by Gasteiger charge is 2.47. The van der Waals surface area contributed by atoms with Gasteiger partial charge in [0.25, 0.3) is 0 Å². The maximum absolute atomic E-state index is 13.2. The van der Waals surface area contributed by atoms with Crippen LogP contribution in [0, 0.1) is 16.7 Å². The fraction of sp³-hybridized carbons (Fsp3) is 0.724. The molecular formula is C29H47N3O2. The number of hydrogen-bond acceptors (Lipinski definition) is 3. The van der Waals surface area contributed by atoms with E-state index in [4.69, 9.17) is 0 Å². The molecule has 0 spiro atoms. The Morgan fingerprint density at radius 2 is 1.59 bits per heavy atom. The lowest BCUT2D eigenvalue weighted by Gasteiger charge is -2.52. The fourth-order valence-corrected chi connectivity index (χ4v) is 6.25. The van der Waals surface area contributed by atoms with E-state index in [0.29, 0.717) is 12.0 Å². The van der Waals surface area contributed by atoms with Gasteiger partial charge in [-0.05, 0) is 81.9 Å². The maximum Gasteiger partial charge on any atom is 0.239 e. The summed E-state index contributed by atoms with van der Waals surface area (Å²) in [6.45, 7) is 7.15. The number of benzene rings is 1. The molecule has 2 amide bonds. The molecule has 2 aliphatic carbocycles. The molecule has 0 aromatic heterocycles. The quantitative estimate of drug-likeness (QED) is 0.512. The van der Waals surface area contributed by atoms with Gasteiger partial charge in [0.1, 0.15) is 0 Å². The molecule has 5 nitrogen and oxygen atoms in total. The number of amides is 2. The summed E-state index contributed by atoms with van der Waals surface area (Å²) in [6, 6.07) is 10.9. The van der Waals surface area contributed by atoms with Crippen molar-refractivity contribution in [2.45, 2.75) is 84.1 Å². The molecule has 0 atom stereocenters. The molecule has 3 rings (SSSR count). The van der Waals surface area contributed by atoms with Gasteiger partial charge < -0.3 is 10.2 Å². The van der Waals surface area contributed by atoms with Gasteiger partial charge in [0.15, 0.2) is 0 Å². The second-order valence-corrected chi connectivity index (χ2v) is 12.0. The molecule has 0 saturated heterocycles. The monoisotopic (exact) mass is 469 g/mol. The third-order valence-electron chi connectivity index (χ3n) is 9.07. The fourth-order valence-electron chi connectivity index (χ4n) is 6.25. The number of rotatable bonds is 10. The smallest absolute Gasteiger partial charge is 0.239 e. The van der Waals surface area contributed by atoms with E-state index < -0.39 is 0 Å². The summed E-state index contributed by atoms with van der Waals surface area (Å²) >= 11 is 0. The van der Waals surface area contributed by atoms with Crippen molar-refractivity contribution in [1.82, 2.24) is 15.1 Å². The number of carbonyl (C=O) groups is 2. The lowest BCUT2D eigenvalue weighted by Crippen LogP contribution is -2.52. The van der Waals surface area contributed by atoms with Crippen molar-refractivity contribution in [2.24, 2.45) is 16.7 Å². The minimum atomic E-state index is -0.111. The van der Waals surface area contributed by atoms with Crippen LogP contribution in [-0.2, 0) is 15.1 Å². The largest absolute Gasteiger partial charge is 0.358 e. The van der Waals surface area contributed by atoms with Gasteiger partial charge in [0.05, 0.1) is 6.54 Å². The summed E-state index contributed by atoms with van der Waals surface area (Å²) in [7, 11) is 6.06. The van der Waals surface area contributed by atoms with E-state index in [1.54, 1.807) is 7.05 Å². The molecule has 2 fully saturated rings. The van der Waals surface area contributed by atoms with E-state index in [2.05, 4.69) is 61.6 Å². The van der Waals surface area contributed by atoms with E-state index in [0.717, 1.165) is 32.1 Å². The van der Waals surface area contributed by atoms with Crippen LogP contribution in [-0.4, -0.2) is 55.8 Å². The summed E-state index contributed by atoms with van der Waals surface area (Å²) in [5.74, 6) is -0.109. The minimum Gasteiger partial charge on any atom is -0.358 e. The maximum atomic E-state index is 13.2. The highest BCUT2D eigenvalue weighted by Crippen LogP contribution is 2.53. The molecule has 190 valence electrons. The van der Waals surface area contributed by atoms with Crippen LogP contribution in [0.25, 0.3) is 0 Å². The van der Waals surface area contributed by atoms with Gasteiger partial charge in [-0.2, -0.15) is 0 Å². The molecule has 1 N–H and O–H groups in total. The SMILES string of the molecule is CNC(=O)CN(CC1(CCC2(C)CCC2)CCC(c2ccccc2)(N(C)C)CC1)C(=O)C(C)C. The average molecular weight is 470 g/mol. The second kappa shape index (κ2) is 10.8. The van der Waals surface area contributed by atoms with Crippen molar-refractivity contribution in [1.29, 1.82) is 0 Å². The zero-order chi connectivity index (χ0) is 25.0. The third-order valence-corrected chi connectivity index (χ3v) is 9.07. The molecule has 0 bridgehead atoms. The van der Waals surface area contributed by atoms with E-state index in [-0.39, 0.29) is 35.2 Å². The highest BCUT2D eigenvalue weighted by molar-refractivity contribution is 5.85. The number of hydrogen-bond donors (Lipinski definition) is 1. The van der Waals surface area contributed by atoms with Crippen LogP contribution in [0.2, 0.25) is 0 Å². The molecular weight excluding hydrogens is 422 g/mol. The van der Waals surface area contributed by atoms with Crippen molar-refractivity contribution in [3.8, 4) is 0 Å². The molecule has 34 heavy (non-hydrogen) atoms. The van der Waals surface area contributed by atoms with Crippen molar-refractivity contribution in [3.63, 3.8) is 0 Å². The van der Waals surface area contributed by atoms with Crippen molar-refractivity contribution >= 4 is 11.8 Å². The van der Waals surface area contributed by atoms with E-state index in [1.165, 1.54) is 31.2 Å². The lowest BCUT2D eigenvalue weighted by atomic mass is 9.59. The molecule has 0 aliphatic heterocycles. The van der Waals surface area contributed by atoms with E-state index >= 15 is 0 Å². The Morgan fingerprint density at radius 1 is 0.971 bits per heavy atom. The van der Waals surface area contributed by atoms with Crippen LogP contribution in [0.15, 0.2) is 30.3 Å². The average Bonchev–Trinajstić information content (AvgIpc) is 2.81. The molecule has 5 heteroatoms. The third kappa shape index (κ3) is 5.84. The van der Waals surface area contributed by atoms with Gasteiger partial charge in [-0.1, -0.05) is 57.5 Å². The Kier molecular flexibility index (Phi) is 8.49. The number of nitrogens with one attached hydrogen (secondary N) is 1. The first-order chi connectivity index (χ1) is 16.0. The van der Waals surface area contributed by atoms with Gasteiger partial charge in [0.2, 0.25) is 11.8 Å². The number of carbonyl (C=O) groups excluding carboxylic acids is 2. The molecule has 1 aromatic carbocycles. The first-order valence-corrected chi connectivity index (χ1v) is 13.3. The molecule has 0 radical (unpaired) electrons. The van der Waals surface area contributed by atoms with Gasteiger partial charge in [-0.3, -0.25) is 14.5 Å². The van der Waals surface area contributed by atoms with Crippen LogP contribution in [0.5, 0.6) is 0 Å². The predicted octanol–water partition coefficient (Wildman–Crippen LogP) is 5.20. The van der Waals surface area contributed by atoms with Crippen molar-refractivity contribution in [2.75, 3.05) is 34.2 Å². The van der Waals surface area contributed by atoms with Gasteiger partial charge >= 0.3 is 0 Å². The Balaban J connectivity index is 1.87. The van der Waals surface area contributed by atoms with E-state index in [1.807, 2.05) is 18.7 Å². The molecule has 1 aromatic rings. The summed E-state index contributed by atoms with van der Waals surface area (Å²) in [6.07, 6.45) is 10.6. The summed E-state index contributed by atoms with van der Waals surface area (Å²) < 4.78 is 0. The van der Waals surface area contributed by atoms with Gasteiger partial charge in [-0.15, -0.1) is 0 Å². The van der Waals surface area contributed by atoms with Crippen molar-refractivity contribution < 1.29 is 9.59 Å². The van der Waals surface area contributed by atoms with Crippen LogP contribution in [0.1, 0.15) is 84.1 Å². The molecule has 2 aliphatic rings. The van der Waals surface area contributed by atoms with Gasteiger partial charge in [0, 0.05) is 25.0 Å². The number of likely N-dealkylation sites (N-methyl/N-ethyl adjacent to an activating group) is 1. The molecule has 0 unspecified atom stereocenters. The highest BCUT2D eigenvalue weighted by atomic mass is 16.2. The predicted molar refractivity (Wildman–Crippen MR) is 139 cm³/mol. The normalized spacial score (nSPS) is 26.2. The standard InChI is InChI=1S/C29H47N3O2/c1-23(2)26(34)32(21-25(33)30-4)22-28(16-15-27(3)13-10-14-27)17-19-29(20-18-28,31(5)6)24-11-8-7-9-12-24/h7-9,11-12,23H,10,13-22H2,1-6H3,(H,30,33). The van der Waals surface area contributed by atoms with E-state index in [9.17, 15) is 9.59 Å². The number of nitrogens with zero attached hydrogens (tertiary/aromatic N) is 2. The Labute approximate surface area is 207 Å². The summed E-state index contributed by atoms with van der Waals surface area (Å²) in [4.78, 5) is 29.8. The van der Waals surface area contributed by atoms with Crippen LogP contribution in [0.4, 0.5) is 0 Å². The first-order valence-electron chi connectivity index (χ1n) is 13.3. The second-order valence-electron chi connectivity index (χ2n) is 12.0. The minimum absolute atomic E-state index is 0.0266. The molecule has 2 saturated carbocycles. The summed E-state index contributed by atoms with van der Waals surface area (Å²) in [5.41, 5.74) is 1.93. The Morgan fingerprint density at radius 3 is 2.06 bits per heavy atom. The van der Waals surface area contributed by atoms with Crippen molar-refractivity contribution in [3.05, 3.63) is 35.9 Å². The zero-order valence-electron chi connectivity index (χ0n) is 22.5. The Hall–Kier alpha value is -1.88. The van der Waals surface area contributed by atoms with Crippen LogP contribution < -0.4 is 5.32 Å². The lowest BCUT2D eigenvalue weighted by molar-refractivity contribution is -0.141. The van der Waals surface area contributed by atoms with Crippen LogP contribution >= 0.6 is 0 Å². The zero-order valence-corrected chi connectivity index (χ0v) is 22.5. The Bertz CT molecular complexity index is 821. The van der Waals surface area contributed by atoms with Gasteiger partial charge in [-0.25, -0.2) is 0 Å². The molecule has 0 heterocycles. The topological polar surface area (TPSA) is 52.7 Å².